The molecule has 0 aliphatic carbocycles. The number of rotatable bonds is 9. The van der Waals surface area contributed by atoms with E-state index >= 15 is 0 Å². The molecule has 0 atom stereocenters. The van der Waals surface area contributed by atoms with E-state index in [0.29, 0.717) is 17.9 Å². The smallest absolute Gasteiger partial charge is 0.435 e. The van der Waals surface area contributed by atoms with Crippen LogP contribution in [0.3, 0.4) is 0 Å². The lowest BCUT2D eigenvalue weighted by atomic mass is 10.1. The van der Waals surface area contributed by atoms with Crippen LogP contribution in [-0.2, 0) is 20.4 Å². The fraction of sp³-hybridized carbons (Fsp3) is 0.316. The van der Waals surface area contributed by atoms with Crippen LogP contribution < -0.4 is 9.47 Å². The van der Waals surface area contributed by atoms with Gasteiger partial charge in [-0.1, -0.05) is 0 Å². The molecule has 0 bridgehead atoms. The van der Waals surface area contributed by atoms with Crippen molar-refractivity contribution in [2.24, 2.45) is 0 Å². The Morgan fingerprint density at radius 1 is 1.14 bits per heavy atom. The third-order valence-corrected chi connectivity index (χ3v) is 3.37. The Balaban J connectivity index is 2.26. The molecule has 29 heavy (non-hydrogen) atoms. The molecular formula is C19H19F3N2O5. The molecule has 0 aliphatic heterocycles. The van der Waals surface area contributed by atoms with Crippen molar-refractivity contribution in [3.63, 3.8) is 0 Å². The monoisotopic (exact) mass is 412 g/mol. The van der Waals surface area contributed by atoms with Crippen LogP contribution in [0.4, 0.5) is 13.2 Å². The summed E-state index contributed by atoms with van der Waals surface area (Å²) >= 11 is 0. The van der Waals surface area contributed by atoms with Gasteiger partial charge in [-0.25, -0.2) is 4.79 Å². The highest BCUT2D eigenvalue weighted by molar-refractivity contribution is 5.87. The number of carbonyl (C=O) groups is 1. The first kappa shape index (κ1) is 22.2. The number of esters is 1. The van der Waals surface area contributed by atoms with Gasteiger partial charge in [0.1, 0.15) is 18.1 Å². The van der Waals surface area contributed by atoms with E-state index in [2.05, 4.69) is 10.2 Å². The molecular weight excluding hydrogens is 393 g/mol. The number of ether oxygens (including phenoxy) is 4. The highest BCUT2D eigenvalue weighted by Gasteiger charge is 2.33. The lowest BCUT2D eigenvalue weighted by Crippen LogP contribution is -2.09. The van der Waals surface area contributed by atoms with E-state index < -0.39 is 17.8 Å². The molecule has 7 nitrogen and oxygen atoms in total. The van der Waals surface area contributed by atoms with E-state index in [1.807, 2.05) is 0 Å². The molecule has 1 aromatic heterocycles. The molecule has 0 unspecified atom stereocenters. The van der Waals surface area contributed by atoms with Gasteiger partial charge < -0.3 is 18.9 Å². The van der Waals surface area contributed by atoms with Crippen molar-refractivity contribution in [3.05, 3.63) is 47.7 Å². The van der Waals surface area contributed by atoms with Gasteiger partial charge in [-0.05, 0) is 31.2 Å². The number of nitrogens with zero attached hydrogens (tertiary/aromatic N) is 2. The fourth-order valence-corrected chi connectivity index (χ4v) is 2.06. The molecule has 0 fully saturated rings. The summed E-state index contributed by atoms with van der Waals surface area (Å²) < 4.78 is 58.7. The number of alkyl halides is 3. The maximum Gasteiger partial charge on any atom is 0.435 e. The third-order valence-electron chi connectivity index (χ3n) is 3.37. The Morgan fingerprint density at radius 3 is 2.55 bits per heavy atom. The Labute approximate surface area is 165 Å². The third kappa shape index (κ3) is 7.07. The van der Waals surface area contributed by atoms with Crippen LogP contribution >= 0.6 is 0 Å². The molecule has 0 saturated heterocycles. The second-order valence-corrected chi connectivity index (χ2v) is 5.48. The van der Waals surface area contributed by atoms with Gasteiger partial charge in [0.05, 0.1) is 13.2 Å². The van der Waals surface area contributed by atoms with E-state index in [1.165, 1.54) is 25.3 Å². The maximum absolute atomic E-state index is 12.6. The van der Waals surface area contributed by atoms with E-state index in [0.717, 1.165) is 12.1 Å². The van der Waals surface area contributed by atoms with Crippen molar-refractivity contribution in [1.29, 1.82) is 0 Å². The van der Waals surface area contributed by atoms with Crippen molar-refractivity contribution in [3.8, 4) is 17.4 Å². The molecule has 0 saturated carbocycles. The molecule has 0 radical (unpaired) electrons. The number of hydrogen-bond acceptors (Lipinski definition) is 7. The first-order chi connectivity index (χ1) is 13.8. The van der Waals surface area contributed by atoms with Crippen molar-refractivity contribution >= 4 is 12.0 Å². The summed E-state index contributed by atoms with van der Waals surface area (Å²) in [6.45, 7) is 2.55. The second-order valence-electron chi connectivity index (χ2n) is 5.48. The van der Waals surface area contributed by atoms with Gasteiger partial charge in [-0.15, -0.1) is 10.2 Å². The van der Waals surface area contributed by atoms with Gasteiger partial charge in [-0.3, -0.25) is 0 Å². The number of hydrogen-bond donors (Lipinski definition) is 0. The fourth-order valence-electron chi connectivity index (χ4n) is 2.06. The average Bonchev–Trinajstić information content (AvgIpc) is 2.67. The molecule has 0 N–H and O–H groups in total. The summed E-state index contributed by atoms with van der Waals surface area (Å²) in [4.78, 5) is 11.5. The Bertz CT molecular complexity index is 839. The first-order valence-corrected chi connectivity index (χ1v) is 8.53. The predicted molar refractivity (Wildman–Crippen MR) is 96.6 cm³/mol. The van der Waals surface area contributed by atoms with Crippen molar-refractivity contribution < 1.29 is 36.9 Å². The van der Waals surface area contributed by atoms with Crippen LogP contribution in [-0.4, -0.2) is 43.1 Å². The highest BCUT2D eigenvalue weighted by Crippen LogP contribution is 2.31. The van der Waals surface area contributed by atoms with Gasteiger partial charge in [0.15, 0.2) is 5.69 Å². The number of benzene rings is 1. The van der Waals surface area contributed by atoms with Crippen LogP contribution in [0.5, 0.6) is 17.4 Å². The Kier molecular flexibility index (Phi) is 7.96. The molecule has 0 aliphatic rings. The van der Waals surface area contributed by atoms with Crippen LogP contribution in [0.2, 0.25) is 0 Å². The summed E-state index contributed by atoms with van der Waals surface area (Å²) in [5.74, 6) is -0.0641. The largest absolute Gasteiger partial charge is 0.491 e. The van der Waals surface area contributed by atoms with Crippen molar-refractivity contribution in [2.45, 2.75) is 13.1 Å². The van der Waals surface area contributed by atoms with Crippen LogP contribution in [0.25, 0.3) is 6.08 Å². The molecule has 0 amide bonds. The molecule has 2 rings (SSSR count). The summed E-state index contributed by atoms with van der Waals surface area (Å²) in [5, 5.41) is 6.56. The topological polar surface area (TPSA) is 79.8 Å². The minimum Gasteiger partial charge on any atom is -0.491 e. The van der Waals surface area contributed by atoms with Gasteiger partial charge in [0, 0.05) is 30.9 Å². The SMILES string of the molecule is CCOC(=O)/C=C/c1ccc(OCCOC)cc1Oc1ccc(C(F)(F)F)nn1. The van der Waals surface area contributed by atoms with Gasteiger partial charge in [0.25, 0.3) is 0 Å². The van der Waals surface area contributed by atoms with Gasteiger partial charge in [-0.2, -0.15) is 13.2 Å². The zero-order chi connectivity index (χ0) is 21.3. The van der Waals surface area contributed by atoms with Crippen LogP contribution in [0, 0.1) is 0 Å². The summed E-state index contributed by atoms with van der Waals surface area (Å²) in [6.07, 6.45) is -1.95. The molecule has 1 aromatic carbocycles. The number of halogens is 3. The second kappa shape index (κ2) is 10.4. The maximum atomic E-state index is 12.6. The number of aromatic nitrogens is 2. The summed E-state index contributed by atoms with van der Waals surface area (Å²) in [7, 11) is 1.53. The average molecular weight is 412 g/mol. The standard InChI is InChI=1S/C19H19F3N2O5/c1-3-27-18(25)9-5-13-4-6-14(28-11-10-26-2)12-15(13)29-17-8-7-16(23-24-17)19(20,21)22/h4-9,12H,3,10-11H2,1-2H3/b9-5+. The first-order valence-electron chi connectivity index (χ1n) is 8.53. The number of methoxy groups -OCH3 is 1. The zero-order valence-corrected chi connectivity index (χ0v) is 15.7. The number of carbonyl (C=O) groups excluding carboxylic acids is 1. The highest BCUT2D eigenvalue weighted by atomic mass is 19.4. The quantitative estimate of drug-likeness (QED) is 0.351. The van der Waals surface area contributed by atoms with E-state index in [-0.39, 0.29) is 24.8 Å². The molecule has 2 aromatic rings. The molecule has 1 heterocycles. The van der Waals surface area contributed by atoms with Crippen LogP contribution in [0.1, 0.15) is 18.2 Å². The van der Waals surface area contributed by atoms with Crippen molar-refractivity contribution in [1.82, 2.24) is 10.2 Å². The van der Waals surface area contributed by atoms with Gasteiger partial charge >= 0.3 is 12.1 Å². The molecule has 156 valence electrons. The Morgan fingerprint density at radius 2 is 1.93 bits per heavy atom. The zero-order valence-electron chi connectivity index (χ0n) is 15.7. The van der Waals surface area contributed by atoms with Crippen LogP contribution in [0.15, 0.2) is 36.4 Å². The van der Waals surface area contributed by atoms with Crippen molar-refractivity contribution in [2.75, 3.05) is 26.9 Å². The predicted octanol–water partition coefficient (Wildman–Crippen LogP) is 3.89. The van der Waals surface area contributed by atoms with E-state index in [1.54, 1.807) is 19.1 Å². The minimum absolute atomic E-state index is 0.155. The lowest BCUT2D eigenvalue weighted by Gasteiger charge is -2.12. The van der Waals surface area contributed by atoms with Gasteiger partial charge in [0.2, 0.25) is 5.88 Å². The molecule has 10 heteroatoms. The summed E-state index contributed by atoms with van der Waals surface area (Å²) in [6, 6.07) is 6.58. The van der Waals surface area contributed by atoms with E-state index in [4.69, 9.17) is 18.9 Å². The normalized spacial score (nSPS) is 11.5. The minimum atomic E-state index is -4.60. The molecule has 0 spiro atoms. The summed E-state index contributed by atoms with van der Waals surface area (Å²) in [5.41, 5.74) is -0.678. The van der Waals surface area contributed by atoms with E-state index in [9.17, 15) is 18.0 Å². The Hall–Kier alpha value is -3.14. The lowest BCUT2D eigenvalue weighted by molar-refractivity contribution is -0.141.